The number of carbonyl (C=O) groups excluding carboxylic acids is 3. The van der Waals surface area contributed by atoms with Crippen LogP contribution >= 0.6 is 46.1 Å². The van der Waals surface area contributed by atoms with Crippen LogP contribution in [0.15, 0.2) is 64.8 Å². The Hall–Kier alpha value is -2.91. The van der Waals surface area contributed by atoms with E-state index in [0.29, 0.717) is 21.4 Å². The summed E-state index contributed by atoms with van der Waals surface area (Å²) in [6.45, 7) is 0. The third-order valence-corrected chi connectivity index (χ3v) is 5.80. The smallest absolute Gasteiger partial charge is 0.283 e. The Kier molecular flexibility index (Phi) is 5.97. The molecule has 1 aromatic heterocycles. The SMILES string of the molecule is O=C(Nc1nccs1)c1cccc(NC2=C(Cl)C(=O)N(c3ccc(Cl)cc3Cl)C2=O)c1. The number of aromatic nitrogens is 1. The lowest BCUT2D eigenvalue weighted by Crippen LogP contribution is -2.32. The lowest BCUT2D eigenvalue weighted by atomic mass is 10.2. The van der Waals surface area contributed by atoms with E-state index in [1.54, 1.807) is 29.8 Å². The first-order valence-electron chi connectivity index (χ1n) is 8.66. The molecule has 2 N–H and O–H groups in total. The summed E-state index contributed by atoms with van der Waals surface area (Å²) in [4.78, 5) is 42.8. The zero-order chi connectivity index (χ0) is 22.1. The first-order valence-corrected chi connectivity index (χ1v) is 10.7. The van der Waals surface area contributed by atoms with Crippen molar-refractivity contribution in [2.24, 2.45) is 0 Å². The van der Waals surface area contributed by atoms with E-state index >= 15 is 0 Å². The number of amides is 3. The highest BCUT2D eigenvalue weighted by atomic mass is 35.5. The van der Waals surface area contributed by atoms with Gasteiger partial charge in [0, 0.05) is 27.9 Å². The highest BCUT2D eigenvalue weighted by molar-refractivity contribution is 7.13. The van der Waals surface area contributed by atoms with Gasteiger partial charge >= 0.3 is 0 Å². The average Bonchev–Trinajstić information content (AvgIpc) is 3.32. The number of carbonyl (C=O) groups is 3. The van der Waals surface area contributed by atoms with Crippen molar-refractivity contribution in [3.05, 3.63) is 80.4 Å². The molecule has 1 aliphatic rings. The van der Waals surface area contributed by atoms with Gasteiger partial charge in [0.05, 0.1) is 10.7 Å². The van der Waals surface area contributed by atoms with E-state index in [1.807, 2.05) is 0 Å². The van der Waals surface area contributed by atoms with Crippen molar-refractivity contribution in [1.82, 2.24) is 4.98 Å². The summed E-state index contributed by atoms with van der Waals surface area (Å²) < 4.78 is 0. The van der Waals surface area contributed by atoms with Crippen molar-refractivity contribution in [3.8, 4) is 0 Å². The number of nitrogens with zero attached hydrogens (tertiary/aromatic N) is 2. The molecule has 0 saturated heterocycles. The largest absolute Gasteiger partial charge is 0.350 e. The van der Waals surface area contributed by atoms with Crippen molar-refractivity contribution >= 4 is 80.4 Å². The number of anilines is 3. The van der Waals surface area contributed by atoms with Gasteiger partial charge in [-0.25, -0.2) is 9.88 Å². The first kappa shape index (κ1) is 21.3. The minimum Gasteiger partial charge on any atom is -0.350 e. The van der Waals surface area contributed by atoms with Gasteiger partial charge in [-0.3, -0.25) is 19.7 Å². The number of thiazole rings is 1. The van der Waals surface area contributed by atoms with E-state index in [4.69, 9.17) is 34.8 Å². The van der Waals surface area contributed by atoms with Crippen molar-refractivity contribution in [2.45, 2.75) is 0 Å². The Labute approximate surface area is 195 Å². The zero-order valence-corrected chi connectivity index (χ0v) is 18.4. The Balaban J connectivity index is 1.57. The molecule has 0 aliphatic carbocycles. The zero-order valence-electron chi connectivity index (χ0n) is 15.4. The molecule has 0 saturated carbocycles. The fourth-order valence-corrected chi connectivity index (χ4v) is 4.06. The fraction of sp³-hybridized carbons (Fsp3) is 0. The van der Waals surface area contributed by atoms with Gasteiger partial charge in [0.25, 0.3) is 17.7 Å². The summed E-state index contributed by atoms with van der Waals surface area (Å²) in [5.41, 5.74) is 0.749. The molecular weight excluding hydrogens is 483 g/mol. The van der Waals surface area contributed by atoms with Gasteiger partial charge in [-0.15, -0.1) is 11.3 Å². The fourth-order valence-electron chi connectivity index (χ4n) is 2.83. The number of nitrogens with one attached hydrogen (secondary N) is 2. The first-order chi connectivity index (χ1) is 14.8. The summed E-state index contributed by atoms with van der Waals surface area (Å²) in [5, 5.41) is 7.89. The minimum absolute atomic E-state index is 0.126. The molecule has 1 aliphatic heterocycles. The van der Waals surface area contributed by atoms with Crippen LogP contribution in [0.5, 0.6) is 0 Å². The van der Waals surface area contributed by atoms with E-state index in [0.717, 1.165) is 4.90 Å². The summed E-state index contributed by atoms with van der Waals surface area (Å²) >= 11 is 19.5. The van der Waals surface area contributed by atoms with Crippen LogP contribution in [0, 0.1) is 0 Å². The van der Waals surface area contributed by atoms with Crippen LogP contribution in [0.3, 0.4) is 0 Å². The van der Waals surface area contributed by atoms with Crippen LogP contribution in [0.1, 0.15) is 10.4 Å². The highest BCUT2D eigenvalue weighted by Crippen LogP contribution is 2.35. The molecule has 0 unspecified atom stereocenters. The van der Waals surface area contributed by atoms with Crippen LogP contribution < -0.4 is 15.5 Å². The average molecular weight is 494 g/mol. The van der Waals surface area contributed by atoms with Crippen LogP contribution in [0.25, 0.3) is 0 Å². The molecule has 0 bridgehead atoms. The van der Waals surface area contributed by atoms with Gasteiger partial charge in [0.2, 0.25) is 0 Å². The maximum atomic E-state index is 12.9. The van der Waals surface area contributed by atoms with Gasteiger partial charge in [0.1, 0.15) is 10.7 Å². The number of imide groups is 1. The summed E-state index contributed by atoms with van der Waals surface area (Å²) in [6.07, 6.45) is 1.58. The van der Waals surface area contributed by atoms with Crippen LogP contribution in [0.2, 0.25) is 10.0 Å². The van der Waals surface area contributed by atoms with Gasteiger partial charge in [0.15, 0.2) is 5.13 Å². The summed E-state index contributed by atoms with van der Waals surface area (Å²) in [6, 6.07) is 10.8. The third kappa shape index (κ3) is 4.28. The predicted octanol–water partition coefficient (Wildman–Crippen LogP) is 5.14. The van der Waals surface area contributed by atoms with Crippen molar-refractivity contribution < 1.29 is 14.4 Å². The molecule has 0 fully saturated rings. The molecule has 0 spiro atoms. The predicted molar refractivity (Wildman–Crippen MR) is 122 cm³/mol. The van der Waals surface area contributed by atoms with Gasteiger partial charge in [-0.1, -0.05) is 40.9 Å². The molecule has 7 nitrogen and oxygen atoms in total. The second-order valence-corrected chi connectivity index (χ2v) is 8.34. The number of benzene rings is 2. The maximum absolute atomic E-state index is 12.9. The molecule has 4 rings (SSSR count). The molecule has 31 heavy (non-hydrogen) atoms. The van der Waals surface area contributed by atoms with Gasteiger partial charge in [-0.2, -0.15) is 0 Å². The molecule has 0 radical (unpaired) electrons. The normalized spacial score (nSPS) is 13.7. The van der Waals surface area contributed by atoms with Crippen LogP contribution in [-0.4, -0.2) is 22.7 Å². The van der Waals surface area contributed by atoms with Crippen LogP contribution in [-0.2, 0) is 9.59 Å². The molecule has 2 heterocycles. The minimum atomic E-state index is -0.726. The lowest BCUT2D eigenvalue weighted by Gasteiger charge is -2.16. The summed E-state index contributed by atoms with van der Waals surface area (Å²) in [7, 11) is 0. The number of rotatable bonds is 5. The Morgan fingerprint density at radius 1 is 1.03 bits per heavy atom. The Bertz CT molecular complexity index is 1240. The molecule has 156 valence electrons. The van der Waals surface area contributed by atoms with Crippen molar-refractivity contribution in [1.29, 1.82) is 0 Å². The molecule has 0 atom stereocenters. The van der Waals surface area contributed by atoms with E-state index in [1.165, 1.54) is 35.6 Å². The van der Waals surface area contributed by atoms with E-state index in [9.17, 15) is 14.4 Å². The number of halogens is 3. The quantitative estimate of drug-likeness (QED) is 0.480. The van der Waals surface area contributed by atoms with E-state index in [2.05, 4.69) is 15.6 Å². The topological polar surface area (TPSA) is 91.4 Å². The second-order valence-electron chi connectivity index (χ2n) is 6.23. The second kappa shape index (κ2) is 8.68. The Morgan fingerprint density at radius 2 is 1.84 bits per heavy atom. The van der Waals surface area contributed by atoms with Gasteiger partial charge in [-0.05, 0) is 36.4 Å². The highest BCUT2D eigenvalue weighted by Gasteiger charge is 2.39. The lowest BCUT2D eigenvalue weighted by molar-refractivity contribution is -0.120. The number of hydrogen-bond acceptors (Lipinski definition) is 6. The monoisotopic (exact) mass is 492 g/mol. The maximum Gasteiger partial charge on any atom is 0.283 e. The van der Waals surface area contributed by atoms with Crippen molar-refractivity contribution in [3.63, 3.8) is 0 Å². The molecule has 3 amide bonds. The van der Waals surface area contributed by atoms with E-state index in [-0.39, 0.29) is 27.3 Å². The third-order valence-electron chi connectivity index (χ3n) is 4.22. The van der Waals surface area contributed by atoms with Gasteiger partial charge < -0.3 is 5.32 Å². The number of hydrogen-bond donors (Lipinski definition) is 2. The standard InChI is InChI=1S/C20H11Cl3N4O3S/c21-11-4-5-14(13(22)9-11)27-18(29)15(23)16(19(27)30)25-12-3-1-2-10(8-12)17(28)26-20-24-6-7-31-20/h1-9,25H,(H,24,26,28). The van der Waals surface area contributed by atoms with E-state index < -0.39 is 11.8 Å². The van der Waals surface area contributed by atoms with Crippen LogP contribution in [0.4, 0.5) is 16.5 Å². The van der Waals surface area contributed by atoms with Crippen molar-refractivity contribution in [2.75, 3.05) is 15.5 Å². The molecular formula is C20H11Cl3N4O3S. The molecule has 2 aromatic carbocycles. The molecule has 3 aromatic rings. The molecule has 11 heteroatoms. The Morgan fingerprint density at radius 3 is 2.55 bits per heavy atom. The summed E-state index contributed by atoms with van der Waals surface area (Å²) in [5.74, 6) is -1.78.